The van der Waals surface area contributed by atoms with Crippen molar-refractivity contribution in [3.8, 4) is 17.2 Å². The molecule has 0 aliphatic carbocycles. The molecule has 3 heterocycles. The molecule has 0 saturated carbocycles. The number of rotatable bonds is 5. The zero-order valence-electron chi connectivity index (χ0n) is 20.9. The Bertz CT molecular complexity index is 1370. The summed E-state index contributed by atoms with van der Waals surface area (Å²) in [6.45, 7) is 8.18. The predicted molar refractivity (Wildman–Crippen MR) is 134 cm³/mol. The molecule has 0 radical (unpaired) electrons. The van der Waals surface area contributed by atoms with Gasteiger partial charge in [-0.15, -0.1) is 0 Å². The summed E-state index contributed by atoms with van der Waals surface area (Å²) in [7, 11) is 0. The lowest BCUT2D eigenvalue weighted by Gasteiger charge is -2.23. The Morgan fingerprint density at radius 3 is 2.39 bits per heavy atom. The summed E-state index contributed by atoms with van der Waals surface area (Å²) < 4.78 is 13.4. The molecule has 1 aromatic heterocycles. The van der Waals surface area contributed by atoms with Gasteiger partial charge in [0.25, 0.3) is 5.91 Å². The number of hydrogen-bond acceptors (Lipinski definition) is 5. The normalized spacial score (nSPS) is 19.3. The molecule has 5 rings (SSSR count). The molecule has 2 aliphatic heterocycles. The van der Waals surface area contributed by atoms with E-state index in [1.807, 2.05) is 49.6 Å². The molecular weight excluding hydrogens is 458 g/mol. The second-order valence-electron chi connectivity index (χ2n) is 9.54. The molecule has 1 atom stereocenters. The molecule has 1 N–H and O–H groups in total. The number of ketones is 1. The Morgan fingerprint density at radius 2 is 1.67 bits per heavy atom. The van der Waals surface area contributed by atoms with Gasteiger partial charge < -0.3 is 19.4 Å². The van der Waals surface area contributed by atoms with E-state index in [0.717, 1.165) is 34.0 Å². The van der Waals surface area contributed by atoms with Gasteiger partial charge in [0.1, 0.15) is 5.54 Å². The second kappa shape index (κ2) is 8.86. The van der Waals surface area contributed by atoms with Gasteiger partial charge in [-0.2, -0.15) is 0 Å². The zero-order valence-corrected chi connectivity index (χ0v) is 20.9. The van der Waals surface area contributed by atoms with Gasteiger partial charge in [0.2, 0.25) is 0 Å². The Morgan fingerprint density at radius 1 is 0.972 bits per heavy atom. The van der Waals surface area contributed by atoms with Gasteiger partial charge in [0.15, 0.2) is 17.3 Å². The van der Waals surface area contributed by atoms with Crippen LogP contribution < -0.4 is 14.8 Å². The summed E-state index contributed by atoms with van der Waals surface area (Å²) in [6, 6.07) is 14.4. The van der Waals surface area contributed by atoms with Crippen molar-refractivity contribution >= 4 is 17.7 Å². The zero-order chi connectivity index (χ0) is 25.6. The van der Waals surface area contributed by atoms with Crippen molar-refractivity contribution in [1.29, 1.82) is 0 Å². The molecule has 3 aromatic rings. The summed E-state index contributed by atoms with van der Waals surface area (Å²) in [5.41, 5.74) is 3.49. The van der Waals surface area contributed by atoms with Crippen LogP contribution in [-0.4, -0.2) is 46.9 Å². The molecule has 2 aliphatic rings. The number of imide groups is 1. The topological polar surface area (TPSA) is 89.9 Å². The van der Waals surface area contributed by atoms with Crippen LogP contribution in [0, 0.1) is 20.8 Å². The van der Waals surface area contributed by atoms with Crippen LogP contribution in [-0.2, 0) is 10.3 Å². The van der Waals surface area contributed by atoms with E-state index in [4.69, 9.17) is 9.47 Å². The van der Waals surface area contributed by atoms with Crippen LogP contribution in [0.4, 0.5) is 4.79 Å². The fourth-order valence-electron chi connectivity index (χ4n) is 4.88. The SMILES string of the molecule is Cc1ccc(-n2c(C)cc(C(=O)CN3C(=O)N[C@](C)(c4ccc5c(c4)OCCCO5)C3=O)c2C)cc1. The fourth-order valence-corrected chi connectivity index (χ4v) is 4.88. The van der Waals surface area contributed by atoms with Crippen LogP contribution in [0.1, 0.15) is 46.2 Å². The van der Waals surface area contributed by atoms with E-state index < -0.39 is 17.5 Å². The second-order valence-corrected chi connectivity index (χ2v) is 9.54. The van der Waals surface area contributed by atoms with Gasteiger partial charge >= 0.3 is 6.03 Å². The number of nitrogens with one attached hydrogen (secondary N) is 1. The quantitative estimate of drug-likeness (QED) is 0.430. The first kappa shape index (κ1) is 23.7. The molecule has 36 heavy (non-hydrogen) atoms. The van der Waals surface area contributed by atoms with E-state index >= 15 is 0 Å². The van der Waals surface area contributed by atoms with Crippen molar-refractivity contribution in [3.63, 3.8) is 0 Å². The Hall–Kier alpha value is -4.07. The number of aromatic nitrogens is 1. The standard InChI is InChI=1S/C28H29N3O5/c1-17-6-9-21(10-7-17)31-18(2)14-22(19(31)3)23(32)16-30-26(33)28(4,29-27(30)34)20-8-11-24-25(15-20)36-13-5-12-35-24/h6-11,14-15H,5,12-13,16H2,1-4H3,(H,29,34)/t28-/m1/s1. The molecule has 3 amide bonds. The summed E-state index contributed by atoms with van der Waals surface area (Å²) >= 11 is 0. The minimum absolute atomic E-state index is 0.298. The number of nitrogens with zero attached hydrogens (tertiary/aromatic N) is 2. The maximum atomic E-state index is 13.5. The largest absolute Gasteiger partial charge is 0.490 e. The van der Waals surface area contributed by atoms with Crippen molar-refractivity contribution < 1.29 is 23.9 Å². The third-order valence-corrected chi connectivity index (χ3v) is 6.93. The highest BCUT2D eigenvalue weighted by molar-refractivity contribution is 6.11. The van der Waals surface area contributed by atoms with Gasteiger partial charge in [-0.25, -0.2) is 4.79 Å². The van der Waals surface area contributed by atoms with Gasteiger partial charge in [-0.3, -0.25) is 14.5 Å². The average molecular weight is 488 g/mol. The minimum Gasteiger partial charge on any atom is -0.490 e. The number of ether oxygens (including phenoxy) is 2. The number of benzene rings is 2. The third-order valence-electron chi connectivity index (χ3n) is 6.93. The first-order valence-corrected chi connectivity index (χ1v) is 12.0. The van der Waals surface area contributed by atoms with Gasteiger partial charge in [-0.05, 0) is 63.6 Å². The number of aryl methyl sites for hydroxylation is 2. The summed E-state index contributed by atoms with van der Waals surface area (Å²) in [5.74, 6) is 0.356. The Labute approximate surface area is 209 Å². The van der Waals surface area contributed by atoms with E-state index in [9.17, 15) is 14.4 Å². The number of carbonyl (C=O) groups is 3. The fraction of sp³-hybridized carbons (Fsp3) is 0.321. The van der Waals surface area contributed by atoms with E-state index in [0.29, 0.717) is 35.8 Å². The number of Topliss-reactive ketones (excluding diaryl/α,β-unsaturated/α-hetero) is 1. The number of carbonyl (C=O) groups excluding carboxylic acids is 3. The monoisotopic (exact) mass is 487 g/mol. The summed E-state index contributed by atoms with van der Waals surface area (Å²) in [5, 5.41) is 2.77. The lowest BCUT2D eigenvalue weighted by molar-refractivity contribution is -0.130. The molecule has 1 fully saturated rings. The van der Waals surface area contributed by atoms with Crippen LogP contribution in [0.2, 0.25) is 0 Å². The highest BCUT2D eigenvalue weighted by Gasteiger charge is 2.50. The van der Waals surface area contributed by atoms with Gasteiger partial charge in [0.05, 0.1) is 19.8 Å². The average Bonchev–Trinajstić information content (AvgIpc) is 3.13. The first-order valence-electron chi connectivity index (χ1n) is 12.0. The molecule has 8 nitrogen and oxygen atoms in total. The highest BCUT2D eigenvalue weighted by Crippen LogP contribution is 2.36. The number of hydrogen-bond donors (Lipinski definition) is 1. The maximum Gasteiger partial charge on any atom is 0.325 e. The Balaban J connectivity index is 1.39. The van der Waals surface area contributed by atoms with E-state index in [1.54, 1.807) is 31.2 Å². The first-order chi connectivity index (χ1) is 17.2. The summed E-state index contributed by atoms with van der Waals surface area (Å²) in [6.07, 6.45) is 0.761. The van der Waals surface area contributed by atoms with Crippen LogP contribution in [0.25, 0.3) is 5.69 Å². The highest BCUT2D eigenvalue weighted by atomic mass is 16.5. The lowest BCUT2D eigenvalue weighted by Crippen LogP contribution is -2.41. The molecule has 8 heteroatoms. The molecule has 2 aromatic carbocycles. The molecule has 0 bridgehead atoms. The third kappa shape index (κ3) is 3.92. The lowest BCUT2D eigenvalue weighted by atomic mass is 9.91. The van der Waals surface area contributed by atoms with E-state index in [-0.39, 0.29) is 12.3 Å². The molecule has 0 unspecified atom stereocenters. The number of amides is 3. The van der Waals surface area contributed by atoms with Crippen molar-refractivity contribution in [2.24, 2.45) is 0 Å². The van der Waals surface area contributed by atoms with Gasteiger partial charge in [-0.1, -0.05) is 23.8 Å². The van der Waals surface area contributed by atoms with Crippen molar-refractivity contribution in [2.45, 2.75) is 39.7 Å². The maximum absolute atomic E-state index is 13.5. The molecule has 1 saturated heterocycles. The van der Waals surface area contributed by atoms with Crippen molar-refractivity contribution in [1.82, 2.24) is 14.8 Å². The number of urea groups is 1. The van der Waals surface area contributed by atoms with E-state index in [2.05, 4.69) is 5.32 Å². The molecular formula is C28H29N3O5. The molecule has 186 valence electrons. The number of fused-ring (bicyclic) bond motifs is 1. The van der Waals surface area contributed by atoms with Crippen molar-refractivity contribution in [3.05, 3.63) is 76.6 Å². The van der Waals surface area contributed by atoms with Crippen molar-refractivity contribution in [2.75, 3.05) is 19.8 Å². The van der Waals surface area contributed by atoms with Crippen LogP contribution in [0.3, 0.4) is 0 Å². The van der Waals surface area contributed by atoms with Crippen LogP contribution in [0.15, 0.2) is 48.5 Å². The minimum atomic E-state index is -1.32. The van der Waals surface area contributed by atoms with Crippen LogP contribution >= 0.6 is 0 Å². The van der Waals surface area contributed by atoms with Crippen LogP contribution in [0.5, 0.6) is 11.5 Å². The summed E-state index contributed by atoms with van der Waals surface area (Å²) in [4.78, 5) is 40.6. The van der Waals surface area contributed by atoms with Gasteiger partial charge in [0, 0.05) is 29.1 Å². The Kier molecular flexibility index (Phi) is 5.82. The molecule has 0 spiro atoms. The van der Waals surface area contributed by atoms with E-state index in [1.165, 1.54) is 0 Å². The predicted octanol–water partition coefficient (Wildman–Crippen LogP) is 4.21. The smallest absolute Gasteiger partial charge is 0.325 e.